The predicted molar refractivity (Wildman–Crippen MR) is 101 cm³/mol. The van der Waals surface area contributed by atoms with Crippen LogP contribution in [0.5, 0.6) is 0 Å². The van der Waals surface area contributed by atoms with Crippen LogP contribution >= 0.6 is 11.6 Å². The van der Waals surface area contributed by atoms with Gasteiger partial charge in [0.15, 0.2) is 17.5 Å². The molecule has 3 rings (SSSR count). The summed E-state index contributed by atoms with van der Waals surface area (Å²) in [5, 5.41) is 0.116. The van der Waals surface area contributed by atoms with Gasteiger partial charge in [-0.2, -0.15) is 0 Å². The van der Waals surface area contributed by atoms with Crippen molar-refractivity contribution in [2.45, 2.75) is 6.54 Å². The van der Waals surface area contributed by atoms with E-state index < -0.39 is 28.7 Å². The fraction of sp³-hybridized carbons (Fsp3) is 0.278. The third-order valence-corrected chi connectivity index (χ3v) is 5.23. The van der Waals surface area contributed by atoms with Crippen LogP contribution in [-0.4, -0.2) is 50.6 Å². The molecule has 0 bridgehead atoms. The van der Waals surface area contributed by atoms with Crippen LogP contribution in [-0.2, 0) is 17.8 Å². The lowest BCUT2D eigenvalue weighted by Crippen LogP contribution is -2.48. The normalized spacial score (nSPS) is 16.0. The molecule has 1 heterocycles. The molecule has 0 saturated carbocycles. The molecule has 0 radical (unpaired) electrons. The van der Waals surface area contributed by atoms with Crippen molar-refractivity contribution in [2.24, 2.45) is 0 Å². The molecule has 6 nitrogen and oxygen atoms in total. The Labute approximate surface area is 172 Å². The molecular formula is C18H16ClF3N3O3S-. The Hall–Kier alpha value is -2.14. The van der Waals surface area contributed by atoms with Crippen LogP contribution in [0.15, 0.2) is 30.3 Å². The largest absolute Gasteiger partial charge is 0.755 e. The van der Waals surface area contributed by atoms with Crippen LogP contribution in [0.4, 0.5) is 18.9 Å². The predicted octanol–water partition coefficient (Wildman–Crippen LogP) is 2.92. The van der Waals surface area contributed by atoms with E-state index in [1.165, 1.54) is 18.2 Å². The van der Waals surface area contributed by atoms with Crippen molar-refractivity contribution in [3.63, 3.8) is 0 Å². The number of amides is 1. The van der Waals surface area contributed by atoms with Crippen LogP contribution < -0.4 is 4.72 Å². The van der Waals surface area contributed by atoms with E-state index in [4.69, 9.17) is 11.6 Å². The van der Waals surface area contributed by atoms with Gasteiger partial charge in [0, 0.05) is 49.7 Å². The van der Waals surface area contributed by atoms with Gasteiger partial charge in [-0.25, -0.2) is 13.2 Å². The number of nitrogens with zero attached hydrogens (tertiary/aromatic N) is 2. The van der Waals surface area contributed by atoms with Gasteiger partial charge in [0.25, 0.3) is 5.91 Å². The minimum absolute atomic E-state index is 0.116. The third kappa shape index (κ3) is 5.27. The molecule has 2 aromatic rings. The number of benzene rings is 2. The summed E-state index contributed by atoms with van der Waals surface area (Å²) in [5.41, 5.74) is 0.788. The Balaban J connectivity index is 1.60. The van der Waals surface area contributed by atoms with Crippen molar-refractivity contribution in [2.75, 3.05) is 30.9 Å². The first-order chi connectivity index (χ1) is 13.7. The van der Waals surface area contributed by atoms with E-state index in [0.29, 0.717) is 31.7 Å². The zero-order chi connectivity index (χ0) is 21.1. The van der Waals surface area contributed by atoms with Crippen LogP contribution in [0.1, 0.15) is 15.9 Å². The summed E-state index contributed by atoms with van der Waals surface area (Å²) < 4.78 is 63.2. The summed E-state index contributed by atoms with van der Waals surface area (Å²) in [7, 11) is 0. The van der Waals surface area contributed by atoms with E-state index >= 15 is 0 Å². The van der Waals surface area contributed by atoms with Crippen LogP contribution in [0.2, 0.25) is 5.02 Å². The highest BCUT2D eigenvalue weighted by atomic mass is 35.5. The van der Waals surface area contributed by atoms with Gasteiger partial charge in [-0.05, 0) is 35.9 Å². The Kier molecular flexibility index (Phi) is 6.78. The number of nitrogens with one attached hydrogen (secondary N) is 1. The summed E-state index contributed by atoms with van der Waals surface area (Å²) in [5.74, 6) is -4.27. The lowest BCUT2D eigenvalue weighted by Gasteiger charge is -2.35. The molecule has 156 valence electrons. The number of rotatable bonds is 5. The molecule has 0 aliphatic carbocycles. The minimum atomic E-state index is -2.50. The molecule has 1 amide bonds. The number of hydrogen-bond acceptors (Lipinski definition) is 4. The van der Waals surface area contributed by atoms with Crippen molar-refractivity contribution in [3.05, 3.63) is 63.9 Å². The zero-order valence-corrected chi connectivity index (χ0v) is 16.5. The number of piperazine rings is 1. The third-order valence-electron chi connectivity index (χ3n) is 4.51. The highest BCUT2D eigenvalue weighted by Gasteiger charge is 2.24. The fourth-order valence-corrected chi connectivity index (χ4v) is 3.67. The number of hydrogen-bond donors (Lipinski definition) is 1. The van der Waals surface area contributed by atoms with Gasteiger partial charge in [0.2, 0.25) is 0 Å². The van der Waals surface area contributed by atoms with E-state index in [1.54, 1.807) is 4.90 Å². The second-order valence-corrected chi connectivity index (χ2v) is 7.55. The van der Waals surface area contributed by atoms with Crippen LogP contribution in [0, 0.1) is 17.5 Å². The molecule has 0 spiro atoms. The first-order valence-corrected chi connectivity index (χ1v) is 10.0. The van der Waals surface area contributed by atoms with E-state index in [2.05, 4.69) is 4.72 Å². The average molecular weight is 447 g/mol. The number of anilines is 1. The molecule has 2 aromatic carbocycles. The Morgan fingerprint density at radius 2 is 1.72 bits per heavy atom. The van der Waals surface area contributed by atoms with Gasteiger partial charge in [0.1, 0.15) is 0 Å². The average Bonchev–Trinajstić information content (AvgIpc) is 2.66. The fourth-order valence-electron chi connectivity index (χ4n) is 3.09. The number of carbonyl (C=O) groups is 1. The van der Waals surface area contributed by atoms with Crippen molar-refractivity contribution < 1.29 is 26.7 Å². The van der Waals surface area contributed by atoms with Gasteiger partial charge in [-0.1, -0.05) is 11.6 Å². The molecule has 1 atom stereocenters. The molecular weight excluding hydrogens is 431 g/mol. The van der Waals surface area contributed by atoms with E-state index in [1.807, 2.05) is 4.90 Å². The standard InChI is InChI=1S/C18H17ClF3N3O3S/c19-14-9-12(23-29(27)28)1-2-13(14)18(26)25-5-3-24(4-6-25)10-11-7-15(20)17(22)16(21)8-11/h1-2,7-9,23H,3-6,10H2,(H,27,28)/p-1. The maximum absolute atomic E-state index is 13.3. The summed E-state index contributed by atoms with van der Waals surface area (Å²) >= 11 is 3.61. The number of halogens is 4. The molecule has 1 aliphatic heterocycles. The topological polar surface area (TPSA) is 75.7 Å². The summed E-state index contributed by atoms with van der Waals surface area (Å²) in [6.45, 7) is 1.87. The monoisotopic (exact) mass is 446 g/mol. The van der Waals surface area contributed by atoms with Gasteiger partial charge < -0.3 is 14.2 Å². The molecule has 11 heteroatoms. The van der Waals surface area contributed by atoms with Crippen molar-refractivity contribution in [1.29, 1.82) is 0 Å². The van der Waals surface area contributed by atoms with Crippen LogP contribution in [0.3, 0.4) is 0 Å². The second-order valence-electron chi connectivity index (χ2n) is 6.47. The molecule has 1 unspecified atom stereocenters. The lowest BCUT2D eigenvalue weighted by atomic mass is 10.1. The Bertz CT molecular complexity index is 932. The minimum Gasteiger partial charge on any atom is -0.755 e. The highest BCUT2D eigenvalue weighted by molar-refractivity contribution is 7.80. The summed E-state index contributed by atoms with van der Waals surface area (Å²) in [6, 6.07) is 6.14. The van der Waals surface area contributed by atoms with Crippen molar-refractivity contribution >= 4 is 34.5 Å². The lowest BCUT2D eigenvalue weighted by molar-refractivity contribution is 0.0628. The first kappa shape index (κ1) is 21.6. The first-order valence-electron chi connectivity index (χ1n) is 8.55. The van der Waals surface area contributed by atoms with E-state index in [0.717, 1.165) is 12.1 Å². The Morgan fingerprint density at radius 1 is 1.10 bits per heavy atom. The van der Waals surface area contributed by atoms with Gasteiger partial charge in [-0.15, -0.1) is 0 Å². The maximum Gasteiger partial charge on any atom is 0.255 e. The van der Waals surface area contributed by atoms with E-state index in [-0.39, 0.29) is 28.7 Å². The maximum atomic E-state index is 13.3. The van der Waals surface area contributed by atoms with Crippen molar-refractivity contribution in [1.82, 2.24) is 9.80 Å². The van der Waals surface area contributed by atoms with Crippen LogP contribution in [0.25, 0.3) is 0 Å². The molecule has 1 saturated heterocycles. The second kappa shape index (κ2) is 9.12. The van der Waals surface area contributed by atoms with Gasteiger partial charge in [-0.3, -0.25) is 13.9 Å². The molecule has 1 fully saturated rings. The molecule has 0 aromatic heterocycles. The SMILES string of the molecule is O=C(c1ccc(NS(=O)[O-])cc1Cl)N1CCN(Cc2cc(F)c(F)c(F)c2)CC1. The summed E-state index contributed by atoms with van der Waals surface area (Å²) in [6.07, 6.45) is 0. The quantitative estimate of drug-likeness (QED) is 0.566. The smallest absolute Gasteiger partial charge is 0.255 e. The molecule has 29 heavy (non-hydrogen) atoms. The van der Waals surface area contributed by atoms with E-state index in [9.17, 15) is 26.7 Å². The Morgan fingerprint density at radius 3 is 2.28 bits per heavy atom. The van der Waals surface area contributed by atoms with Crippen molar-refractivity contribution in [3.8, 4) is 0 Å². The van der Waals surface area contributed by atoms with Gasteiger partial charge >= 0.3 is 0 Å². The highest BCUT2D eigenvalue weighted by Crippen LogP contribution is 2.23. The van der Waals surface area contributed by atoms with Gasteiger partial charge in [0.05, 0.1) is 10.6 Å². The zero-order valence-electron chi connectivity index (χ0n) is 15.0. The molecule has 1 N–H and O–H groups in total. The molecule has 1 aliphatic rings. The number of carbonyl (C=O) groups excluding carboxylic acids is 1. The summed E-state index contributed by atoms with van der Waals surface area (Å²) in [4.78, 5) is 16.2.